The van der Waals surface area contributed by atoms with Crippen molar-refractivity contribution in [3.8, 4) is 89.3 Å². The molecule has 14 aromatic carbocycles. The molecule has 406 valence electrons. The molecule has 17 rings (SSSR count). The van der Waals surface area contributed by atoms with Crippen LogP contribution < -0.4 is 0 Å². The molecule has 0 radical (unpaired) electrons. The van der Waals surface area contributed by atoms with E-state index in [-0.39, 0.29) is 0 Å². The lowest BCUT2D eigenvalue weighted by atomic mass is 9.65. The fourth-order valence-corrected chi connectivity index (χ4v) is 14.5. The SMILES string of the molecule is c1ccc(-c2cccc(-c3ccccc3C3(c4cccc(-c5ccc(-c6ccc(-n7c8ccccc8c8cc(-c9ccc%10c(c9)c9ccccc9n%10-c9ccccc9-c9ccccc9)ccc87)cc6)cc5)c4)c4ccccc4-c4ccccc43)c2)cc1. The van der Waals surface area contributed by atoms with E-state index < -0.39 is 5.41 Å². The van der Waals surface area contributed by atoms with Gasteiger partial charge in [0.1, 0.15) is 0 Å². The number of aromatic nitrogens is 2. The van der Waals surface area contributed by atoms with Crippen LogP contribution in [0.5, 0.6) is 0 Å². The predicted molar refractivity (Wildman–Crippen MR) is 365 cm³/mol. The molecule has 16 aromatic rings. The first-order chi connectivity index (χ1) is 43.2. The zero-order valence-corrected chi connectivity index (χ0v) is 47.7. The van der Waals surface area contributed by atoms with Crippen LogP contribution in [0.25, 0.3) is 133 Å². The smallest absolute Gasteiger partial charge is 0.0719 e. The summed E-state index contributed by atoms with van der Waals surface area (Å²) in [5.74, 6) is 0. The first-order valence-corrected chi connectivity index (χ1v) is 30.1. The summed E-state index contributed by atoms with van der Waals surface area (Å²) in [4.78, 5) is 0. The van der Waals surface area contributed by atoms with Gasteiger partial charge in [-0.1, -0.05) is 273 Å². The monoisotopic (exact) mass is 1100 g/mol. The molecule has 0 aliphatic heterocycles. The average molecular weight is 1110 g/mol. The maximum Gasteiger partial charge on any atom is 0.0719 e. The van der Waals surface area contributed by atoms with Gasteiger partial charge in [-0.3, -0.25) is 0 Å². The Morgan fingerprint density at radius 1 is 0.195 bits per heavy atom. The third kappa shape index (κ3) is 8.10. The average Bonchev–Trinajstić information content (AvgIpc) is 1.61. The van der Waals surface area contributed by atoms with Crippen LogP contribution in [-0.4, -0.2) is 9.13 Å². The molecule has 0 spiro atoms. The van der Waals surface area contributed by atoms with Crippen molar-refractivity contribution >= 4 is 43.6 Å². The van der Waals surface area contributed by atoms with Gasteiger partial charge in [-0.05, 0) is 161 Å². The van der Waals surface area contributed by atoms with Gasteiger partial charge in [-0.25, -0.2) is 0 Å². The van der Waals surface area contributed by atoms with Crippen LogP contribution in [-0.2, 0) is 5.41 Å². The summed E-state index contributed by atoms with van der Waals surface area (Å²) >= 11 is 0. The first-order valence-electron chi connectivity index (χ1n) is 30.1. The minimum Gasteiger partial charge on any atom is -0.309 e. The van der Waals surface area contributed by atoms with Crippen LogP contribution in [0.3, 0.4) is 0 Å². The van der Waals surface area contributed by atoms with Crippen LogP contribution in [0.4, 0.5) is 0 Å². The zero-order valence-electron chi connectivity index (χ0n) is 47.7. The van der Waals surface area contributed by atoms with Crippen molar-refractivity contribution in [1.29, 1.82) is 0 Å². The summed E-state index contributed by atoms with van der Waals surface area (Å²) in [6, 6.07) is 126. The molecule has 2 aromatic heterocycles. The highest BCUT2D eigenvalue weighted by Crippen LogP contribution is 2.58. The van der Waals surface area contributed by atoms with Gasteiger partial charge < -0.3 is 9.13 Å². The fourth-order valence-electron chi connectivity index (χ4n) is 14.5. The molecule has 2 heterocycles. The Bertz CT molecular complexity index is 5270. The molecule has 0 bridgehead atoms. The normalized spacial score (nSPS) is 12.5. The topological polar surface area (TPSA) is 9.86 Å². The molecule has 0 atom stereocenters. The predicted octanol–water partition coefficient (Wildman–Crippen LogP) is 22.2. The van der Waals surface area contributed by atoms with Crippen molar-refractivity contribution in [3.63, 3.8) is 0 Å². The van der Waals surface area contributed by atoms with E-state index in [4.69, 9.17) is 0 Å². The third-order valence-corrected chi connectivity index (χ3v) is 18.4. The minimum atomic E-state index is -0.584. The van der Waals surface area contributed by atoms with E-state index in [0.29, 0.717) is 0 Å². The Morgan fingerprint density at radius 3 is 1.20 bits per heavy atom. The quantitative estimate of drug-likeness (QED) is 0.129. The van der Waals surface area contributed by atoms with Gasteiger partial charge in [0.25, 0.3) is 0 Å². The Kier molecular flexibility index (Phi) is 11.8. The third-order valence-electron chi connectivity index (χ3n) is 18.4. The van der Waals surface area contributed by atoms with Gasteiger partial charge in [0.05, 0.1) is 33.2 Å². The maximum absolute atomic E-state index is 2.44. The van der Waals surface area contributed by atoms with E-state index in [9.17, 15) is 0 Å². The van der Waals surface area contributed by atoms with Gasteiger partial charge in [0.2, 0.25) is 0 Å². The van der Waals surface area contributed by atoms with Crippen LogP contribution in [0.2, 0.25) is 0 Å². The number of nitrogens with zero attached hydrogens (tertiary/aromatic N) is 2. The molecule has 0 saturated carbocycles. The van der Waals surface area contributed by atoms with Gasteiger partial charge in [0, 0.05) is 32.8 Å². The molecule has 1 aliphatic carbocycles. The van der Waals surface area contributed by atoms with Crippen molar-refractivity contribution in [1.82, 2.24) is 9.13 Å². The second-order valence-corrected chi connectivity index (χ2v) is 23.1. The van der Waals surface area contributed by atoms with Gasteiger partial charge in [0.15, 0.2) is 0 Å². The molecule has 0 fully saturated rings. The van der Waals surface area contributed by atoms with E-state index in [1.807, 2.05) is 0 Å². The van der Waals surface area contributed by atoms with Crippen LogP contribution >= 0.6 is 0 Å². The molecular formula is C85H56N2. The molecular weight excluding hydrogens is 1050 g/mol. The Hall–Kier alpha value is -11.3. The number of fused-ring (bicyclic) bond motifs is 9. The summed E-state index contributed by atoms with van der Waals surface area (Å²) in [7, 11) is 0. The Labute approximate surface area is 506 Å². The summed E-state index contributed by atoms with van der Waals surface area (Å²) in [5, 5.41) is 4.95. The molecule has 0 saturated heterocycles. The molecule has 0 N–H and O–H groups in total. The Morgan fingerprint density at radius 2 is 0.575 bits per heavy atom. The Balaban J connectivity index is 0.705. The van der Waals surface area contributed by atoms with E-state index in [2.05, 4.69) is 349 Å². The summed E-state index contributed by atoms with van der Waals surface area (Å²) < 4.78 is 4.86. The zero-order chi connectivity index (χ0) is 57.4. The van der Waals surface area contributed by atoms with Crippen LogP contribution in [0, 0.1) is 0 Å². The summed E-state index contributed by atoms with van der Waals surface area (Å²) in [6.07, 6.45) is 0. The lowest BCUT2D eigenvalue weighted by Crippen LogP contribution is -2.29. The van der Waals surface area contributed by atoms with Crippen molar-refractivity contribution in [2.75, 3.05) is 0 Å². The number of rotatable bonds is 10. The fraction of sp³-hybridized carbons (Fsp3) is 0.0118. The number of benzene rings is 14. The van der Waals surface area contributed by atoms with Crippen molar-refractivity contribution < 1.29 is 0 Å². The second kappa shape index (κ2) is 20.5. The van der Waals surface area contributed by atoms with E-state index in [1.54, 1.807) is 0 Å². The van der Waals surface area contributed by atoms with Crippen molar-refractivity contribution in [2.24, 2.45) is 0 Å². The van der Waals surface area contributed by atoms with Crippen molar-refractivity contribution in [3.05, 3.63) is 362 Å². The largest absolute Gasteiger partial charge is 0.309 e. The van der Waals surface area contributed by atoms with E-state index in [1.165, 1.54) is 149 Å². The summed E-state index contributed by atoms with van der Waals surface area (Å²) in [5.41, 5.74) is 28.5. The number of hydrogen-bond acceptors (Lipinski definition) is 0. The highest BCUT2D eigenvalue weighted by atomic mass is 15.0. The highest BCUT2D eigenvalue weighted by molar-refractivity contribution is 6.13. The number of hydrogen-bond donors (Lipinski definition) is 0. The minimum absolute atomic E-state index is 0.584. The van der Waals surface area contributed by atoms with Gasteiger partial charge >= 0.3 is 0 Å². The maximum atomic E-state index is 2.44. The lowest BCUT2D eigenvalue weighted by molar-refractivity contribution is 0.771. The van der Waals surface area contributed by atoms with E-state index in [0.717, 1.165) is 5.69 Å². The van der Waals surface area contributed by atoms with Crippen molar-refractivity contribution in [2.45, 2.75) is 5.41 Å². The first kappa shape index (κ1) is 50.2. The molecule has 1 aliphatic rings. The van der Waals surface area contributed by atoms with E-state index >= 15 is 0 Å². The number of para-hydroxylation sites is 3. The summed E-state index contributed by atoms with van der Waals surface area (Å²) in [6.45, 7) is 0. The standard InChI is InChI=1S/C85H56N2/c1-3-21-57(22-4-1)62-25-19-27-66(53-62)69-29-7-13-35-77(69)85(78-36-14-8-31-71(78)72-32-9-15-37-79(72)85)67-28-20-26-63(54-67)60-43-41-58(42-44-60)59-45-49-68(50-46-59)86-81-39-17-11-33-73(81)75-55-64(47-51-83(75)86)65-48-52-84-76(56-65)74-34-12-18-40-82(74)87(84)80-38-16-10-30-70(80)61-23-5-2-6-24-61/h1-56H. The molecule has 0 amide bonds. The molecule has 2 heteroatoms. The molecule has 2 nitrogen and oxygen atoms in total. The lowest BCUT2D eigenvalue weighted by Gasteiger charge is -2.36. The van der Waals surface area contributed by atoms with Gasteiger partial charge in [-0.15, -0.1) is 0 Å². The molecule has 87 heavy (non-hydrogen) atoms. The van der Waals surface area contributed by atoms with Gasteiger partial charge in [-0.2, -0.15) is 0 Å². The van der Waals surface area contributed by atoms with Crippen LogP contribution in [0.15, 0.2) is 340 Å². The van der Waals surface area contributed by atoms with Crippen LogP contribution in [0.1, 0.15) is 22.3 Å². The highest BCUT2D eigenvalue weighted by Gasteiger charge is 2.47. The second-order valence-electron chi connectivity index (χ2n) is 23.1. The molecule has 0 unspecified atom stereocenters.